The van der Waals surface area contributed by atoms with Crippen LogP contribution in [0, 0.1) is 17.5 Å². The van der Waals surface area contributed by atoms with Crippen molar-refractivity contribution in [2.45, 2.75) is 25.3 Å². The molecule has 0 spiro atoms. The quantitative estimate of drug-likeness (QED) is 0.691. The molecule has 1 aliphatic carbocycles. The Morgan fingerprint density at radius 2 is 1.90 bits per heavy atom. The summed E-state index contributed by atoms with van der Waals surface area (Å²) in [5, 5.41) is 0. The van der Waals surface area contributed by atoms with E-state index in [1.807, 2.05) is 0 Å². The summed E-state index contributed by atoms with van der Waals surface area (Å²) in [6.45, 7) is 4.14. The van der Waals surface area contributed by atoms with Crippen molar-refractivity contribution in [3.8, 4) is 11.3 Å². The minimum absolute atomic E-state index is 0.133. The van der Waals surface area contributed by atoms with Crippen LogP contribution >= 0.6 is 0 Å². The van der Waals surface area contributed by atoms with Crippen LogP contribution < -0.4 is 5.73 Å². The number of allylic oxidation sites excluding steroid dienone is 1. The first-order valence-electron chi connectivity index (χ1n) is 6.64. The number of nitrogen functional groups attached to an aromatic ring is 1. The second-order valence-corrected chi connectivity index (χ2v) is 5.13. The van der Waals surface area contributed by atoms with Crippen molar-refractivity contribution in [2.75, 3.05) is 5.73 Å². The number of hydrogen-bond donors (Lipinski definition) is 1. The lowest BCUT2D eigenvalue weighted by Gasteiger charge is -2.06. The van der Waals surface area contributed by atoms with Gasteiger partial charge in [-0.1, -0.05) is 6.08 Å². The number of benzene rings is 1. The average molecular weight is 293 g/mol. The highest BCUT2D eigenvalue weighted by Crippen LogP contribution is 2.42. The molecule has 0 aliphatic heterocycles. The summed E-state index contributed by atoms with van der Waals surface area (Å²) in [6, 6.07) is 1.82. The molecule has 0 radical (unpaired) electrons. The van der Waals surface area contributed by atoms with Crippen molar-refractivity contribution in [3.05, 3.63) is 48.1 Å². The van der Waals surface area contributed by atoms with E-state index < -0.39 is 17.5 Å². The first kappa shape index (κ1) is 13.7. The maximum Gasteiger partial charge on any atom is 0.194 e. The molecule has 1 fully saturated rings. The average Bonchev–Trinajstić information content (AvgIpc) is 3.23. The van der Waals surface area contributed by atoms with Crippen molar-refractivity contribution in [2.24, 2.45) is 0 Å². The molecule has 21 heavy (non-hydrogen) atoms. The van der Waals surface area contributed by atoms with Gasteiger partial charge in [-0.25, -0.2) is 18.2 Å². The number of imidazole rings is 1. The lowest BCUT2D eigenvalue weighted by molar-refractivity contribution is 0.447. The number of anilines is 1. The van der Waals surface area contributed by atoms with Gasteiger partial charge in [0.15, 0.2) is 17.5 Å². The summed E-state index contributed by atoms with van der Waals surface area (Å²) < 4.78 is 41.6. The molecule has 2 aromatic rings. The molecule has 1 aromatic carbocycles. The van der Waals surface area contributed by atoms with E-state index in [1.54, 1.807) is 10.6 Å². The zero-order valence-corrected chi connectivity index (χ0v) is 11.2. The topological polar surface area (TPSA) is 43.8 Å². The molecule has 6 heteroatoms. The van der Waals surface area contributed by atoms with Gasteiger partial charge >= 0.3 is 0 Å². The highest BCUT2D eigenvalue weighted by molar-refractivity contribution is 5.71. The maximum absolute atomic E-state index is 13.4. The van der Waals surface area contributed by atoms with E-state index in [0.717, 1.165) is 30.8 Å². The molecule has 0 amide bonds. The van der Waals surface area contributed by atoms with Gasteiger partial charge in [0.1, 0.15) is 17.3 Å². The van der Waals surface area contributed by atoms with Gasteiger partial charge in [0.2, 0.25) is 0 Å². The number of nitrogens with two attached hydrogens (primary N) is 1. The maximum atomic E-state index is 13.4. The number of halogens is 3. The summed E-state index contributed by atoms with van der Waals surface area (Å²) in [5.74, 6) is -2.59. The molecular weight excluding hydrogens is 279 g/mol. The molecule has 110 valence electrons. The molecule has 3 nitrogen and oxygen atoms in total. The Labute approximate surface area is 119 Å². The minimum Gasteiger partial charge on any atom is -0.383 e. The van der Waals surface area contributed by atoms with Crippen molar-refractivity contribution < 1.29 is 13.2 Å². The lowest BCUT2D eigenvalue weighted by atomic mass is 10.1. The highest BCUT2D eigenvalue weighted by atomic mass is 19.2. The fraction of sp³-hybridized carbons (Fsp3) is 0.267. The van der Waals surface area contributed by atoms with Crippen LogP contribution in [0.5, 0.6) is 0 Å². The number of nitrogens with zero attached hydrogens (tertiary/aromatic N) is 2. The molecule has 1 aromatic heterocycles. The SMILES string of the molecule is C=CCn1c(C2CC2)nc(-c2cc(F)c(F)c(F)c2)c1N. The third-order valence-electron chi connectivity index (χ3n) is 3.55. The zero-order chi connectivity index (χ0) is 15.1. The van der Waals surface area contributed by atoms with E-state index in [4.69, 9.17) is 5.73 Å². The third-order valence-corrected chi connectivity index (χ3v) is 3.55. The Hall–Kier alpha value is -2.24. The van der Waals surface area contributed by atoms with Crippen LogP contribution in [0.2, 0.25) is 0 Å². The van der Waals surface area contributed by atoms with E-state index in [0.29, 0.717) is 18.3 Å². The Balaban J connectivity index is 2.14. The van der Waals surface area contributed by atoms with Crippen LogP contribution in [0.4, 0.5) is 19.0 Å². The van der Waals surface area contributed by atoms with Crippen LogP contribution in [0.25, 0.3) is 11.3 Å². The molecule has 2 N–H and O–H groups in total. The number of rotatable bonds is 4. The molecule has 1 heterocycles. The summed E-state index contributed by atoms with van der Waals surface area (Å²) >= 11 is 0. The van der Waals surface area contributed by atoms with E-state index in [1.165, 1.54) is 0 Å². The van der Waals surface area contributed by atoms with Crippen LogP contribution in [-0.2, 0) is 6.54 Å². The minimum atomic E-state index is -1.50. The second-order valence-electron chi connectivity index (χ2n) is 5.13. The molecule has 0 unspecified atom stereocenters. The Morgan fingerprint density at radius 3 is 2.43 bits per heavy atom. The van der Waals surface area contributed by atoms with Crippen LogP contribution in [0.15, 0.2) is 24.8 Å². The van der Waals surface area contributed by atoms with Gasteiger partial charge in [0, 0.05) is 18.0 Å². The van der Waals surface area contributed by atoms with Gasteiger partial charge in [-0.15, -0.1) is 6.58 Å². The molecule has 1 aliphatic rings. The molecule has 0 saturated heterocycles. The summed E-state index contributed by atoms with van der Waals surface area (Å²) in [4.78, 5) is 4.41. The van der Waals surface area contributed by atoms with Gasteiger partial charge in [0.05, 0.1) is 0 Å². The van der Waals surface area contributed by atoms with Gasteiger partial charge in [-0.05, 0) is 25.0 Å². The summed E-state index contributed by atoms with van der Waals surface area (Å²) in [7, 11) is 0. The molecular formula is C15H14F3N3. The normalized spacial score (nSPS) is 14.4. The number of hydrogen-bond acceptors (Lipinski definition) is 2. The third kappa shape index (κ3) is 2.30. The molecule has 0 atom stereocenters. The van der Waals surface area contributed by atoms with Gasteiger partial charge in [-0.3, -0.25) is 0 Å². The zero-order valence-electron chi connectivity index (χ0n) is 11.2. The molecule has 3 rings (SSSR count). The van der Waals surface area contributed by atoms with E-state index in [2.05, 4.69) is 11.6 Å². The number of aromatic nitrogens is 2. The van der Waals surface area contributed by atoms with Gasteiger partial charge in [-0.2, -0.15) is 0 Å². The first-order chi connectivity index (χ1) is 10.0. The van der Waals surface area contributed by atoms with Crippen LogP contribution in [0.3, 0.4) is 0 Å². The second kappa shape index (κ2) is 4.95. The lowest BCUT2D eigenvalue weighted by Crippen LogP contribution is -2.05. The van der Waals surface area contributed by atoms with Crippen molar-refractivity contribution in [1.82, 2.24) is 9.55 Å². The Morgan fingerprint density at radius 1 is 1.29 bits per heavy atom. The smallest absolute Gasteiger partial charge is 0.194 e. The van der Waals surface area contributed by atoms with E-state index >= 15 is 0 Å². The predicted molar refractivity (Wildman–Crippen MR) is 74.1 cm³/mol. The van der Waals surface area contributed by atoms with E-state index in [-0.39, 0.29) is 11.3 Å². The highest BCUT2D eigenvalue weighted by Gasteiger charge is 2.31. The van der Waals surface area contributed by atoms with Gasteiger partial charge < -0.3 is 10.3 Å². The largest absolute Gasteiger partial charge is 0.383 e. The fourth-order valence-corrected chi connectivity index (χ4v) is 2.36. The van der Waals surface area contributed by atoms with E-state index in [9.17, 15) is 13.2 Å². The predicted octanol–water partition coefficient (Wildman–Crippen LogP) is 3.61. The van der Waals surface area contributed by atoms with Crippen LogP contribution in [-0.4, -0.2) is 9.55 Å². The van der Waals surface area contributed by atoms with Crippen molar-refractivity contribution in [3.63, 3.8) is 0 Å². The van der Waals surface area contributed by atoms with Crippen molar-refractivity contribution >= 4 is 5.82 Å². The Bertz CT molecular complexity index is 694. The van der Waals surface area contributed by atoms with Crippen LogP contribution in [0.1, 0.15) is 24.6 Å². The standard InChI is InChI=1S/C15H14F3N3/c1-2-5-21-14(19)13(20-15(21)8-3-4-8)9-6-10(16)12(18)11(17)7-9/h2,6-8H,1,3-5,19H2. The fourth-order valence-electron chi connectivity index (χ4n) is 2.36. The van der Waals surface area contributed by atoms with Crippen molar-refractivity contribution in [1.29, 1.82) is 0 Å². The molecule has 1 saturated carbocycles. The van der Waals surface area contributed by atoms with Gasteiger partial charge in [0.25, 0.3) is 0 Å². The summed E-state index contributed by atoms with van der Waals surface area (Å²) in [5.41, 5.74) is 6.45. The Kier molecular flexibility index (Phi) is 3.23. The molecule has 0 bridgehead atoms. The first-order valence-corrected chi connectivity index (χ1v) is 6.64. The summed E-state index contributed by atoms with van der Waals surface area (Å²) in [6.07, 6.45) is 3.71. The monoisotopic (exact) mass is 293 g/mol.